The lowest BCUT2D eigenvalue weighted by molar-refractivity contribution is 0.210. The van der Waals surface area contributed by atoms with Crippen LogP contribution in [0.25, 0.3) is 0 Å². The molecule has 0 spiro atoms. The van der Waals surface area contributed by atoms with Crippen molar-refractivity contribution in [3.63, 3.8) is 0 Å². The van der Waals surface area contributed by atoms with Gasteiger partial charge in [0.15, 0.2) is 0 Å². The topological polar surface area (TPSA) is 68.3 Å². The summed E-state index contributed by atoms with van der Waals surface area (Å²) in [5.41, 5.74) is 1.75. The van der Waals surface area contributed by atoms with Crippen LogP contribution >= 0.6 is 11.6 Å². The minimum absolute atomic E-state index is 0.534. The Morgan fingerprint density at radius 3 is 2.82 bits per heavy atom. The molecule has 2 aromatic rings. The highest BCUT2D eigenvalue weighted by Crippen LogP contribution is 2.32. The average molecular weight is 323 g/mol. The summed E-state index contributed by atoms with van der Waals surface area (Å²) in [6.07, 6.45) is 1.68. The summed E-state index contributed by atoms with van der Waals surface area (Å²) in [5, 5.41) is 6.96. The van der Waals surface area contributed by atoms with Gasteiger partial charge in [0.1, 0.15) is 11.6 Å². The van der Waals surface area contributed by atoms with E-state index in [9.17, 15) is 0 Å². The number of methoxy groups -OCH3 is 2. The Hall–Kier alpha value is -2.05. The molecule has 1 aromatic carbocycles. The Bertz CT molecular complexity index is 637. The van der Waals surface area contributed by atoms with Gasteiger partial charge in [-0.3, -0.25) is 0 Å². The van der Waals surface area contributed by atoms with Gasteiger partial charge in [-0.05, 0) is 24.6 Å². The maximum Gasteiger partial charge on any atom is 0.224 e. The summed E-state index contributed by atoms with van der Waals surface area (Å²) in [6, 6.07) is 5.48. The zero-order chi connectivity index (χ0) is 15.9. The van der Waals surface area contributed by atoms with Crippen LogP contribution in [-0.4, -0.2) is 37.3 Å². The molecule has 0 saturated heterocycles. The van der Waals surface area contributed by atoms with Gasteiger partial charge in [0, 0.05) is 30.9 Å². The van der Waals surface area contributed by atoms with Crippen molar-refractivity contribution in [2.75, 3.05) is 38.0 Å². The second-order valence-electron chi connectivity index (χ2n) is 4.61. The maximum absolute atomic E-state index is 6.11. The molecule has 0 atom stereocenters. The van der Waals surface area contributed by atoms with Crippen LogP contribution in [0.4, 0.5) is 17.5 Å². The van der Waals surface area contributed by atoms with Gasteiger partial charge >= 0.3 is 0 Å². The predicted octanol–water partition coefficient (Wildman–Crippen LogP) is 3.25. The third kappa shape index (κ3) is 4.22. The minimum Gasteiger partial charge on any atom is -0.495 e. The van der Waals surface area contributed by atoms with Crippen LogP contribution < -0.4 is 15.4 Å². The third-order valence-electron chi connectivity index (χ3n) is 2.99. The molecule has 0 saturated carbocycles. The van der Waals surface area contributed by atoms with E-state index in [0.717, 1.165) is 11.3 Å². The van der Waals surface area contributed by atoms with E-state index < -0.39 is 0 Å². The standard InChI is InChI=1S/C15H19ClN4O2/c1-10-8-12(13(22-3)9-11(10)16)19-14-4-5-17-15(20-14)18-6-7-21-2/h4-5,8-9H,6-7H2,1-3H3,(H2,17,18,19,20). The molecule has 118 valence electrons. The number of rotatable bonds is 7. The Morgan fingerprint density at radius 1 is 1.27 bits per heavy atom. The lowest BCUT2D eigenvalue weighted by Crippen LogP contribution is -2.10. The molecule has 0 aliphatic rings. The van der Waals surface area contributed by atoms with Crippen molar-refractivity contribution in [1.29, 1.82) is 0 Å². The van der Waals surface area contributed by atoms with Gasteiger partial charge in [0.05, 0.1) is 19.4 Å². The van der Waals surface area contributed by atoms with Crippen LogP contribution in [0.3, 0.4) is 0 Å². The molecular weight excluding hydrogens is 304 g/mol. The van der Waals surface area contributed by atoms with Crippen molar-refractivity contribution in [2.45, 2.75) is 6.92 Å². The summed E-state index contributed by atoms with van der Waals surface area (Å²) in [4.78, 5) is 8.55. The third-order valence-corrected chi connectivity index (χ3v) is 3.40. The highest BCUT2D eigenvalue weighted by molar-refractivity contribution is 6.31. The molecule has 7 heteroatoms. The first kappa shape index (κ1) is 16.3. The summed E-state index contributed by atoms with van der Waals surface area (Å²) in [7, 11) is 3.25. The molecule has 1 aromatic heterocycles. The van der Waals surface area contributed by atoms with Crippen LogP contribution in [0.5, 0.6) is 5.75 Å². The van der Waals surface area contributed by atoms with Gasteiger partial charge in [-0.25, -0.2) is 4.98 Å². The second kappa shape index (κ2) is 7.82. The lowest BCUT2D eigenvalue weighted by Gasteiger charge is -2.13. The van der Waals surface area contributed by atoms with Gasteiger partial charge in [0.25, 0.3) is 0 Å². The van der Waals surface area contributed by atoms with Crippen LogP contribution in [-0.2, 0) is 4.74 Å². The first-order chi connectivity index (χ1) is 10.6. The minimum atomic E-state index is 0.534. The van der Waals surface area contributed by atoms with Gasteiger partial charge < -0.3 is 20.1 Å². The number of anilines is 3. The maximum atomic E-state index is 6.11. The molecule has 0 radical (unpaired) electrons. The number of hydrogen-bond donors (Lipinski definition) is 2. The fourth-order valence-corrected chi connectivity index (χ4v) is 2.00. The Labute approximate surface area is 134 Å². The predicted molar refractivity (Wildman–Crippen MR) is 88.4 cm³/mol. The van der Waals surface area contributed by atoms with Crippen molar-refractivity contribution in [3.05, 3.63) is 35.0 Å². The zero-order valence-electron chi connectivity index (χ0n) is 12.8. The number of nitrogens with one attached hydrogen (secondary N) is 2. The van der Waals surface area contributed by atoms with E-state index in [-0.39, 0.29) is 0 Å². The molecule has 0 aliphatic heterocycles. The van der Waals surface area contributed by atoms with Crippen LogP contribution in [0.1, 0.15) is 5.56 Å². The van der Waals surface area contributed by atoms with E-state index >= 15 is 0 Å². The number of ether oxygens (including phenoxy) is 2. The zero-order valence-corrected chi connectivity index (χ0v) is 13.6. The van der Waals surface area contributed by atoms with Gasteiger partial charge in [-0.15, -0.1) is 0 Å². The fourth-order valence-electron chi connectivity index (χ4n) is 1.85. The molecule has 2 rings (SSSR count). The molecular formula is C15H19ClN4O2. The second-order valence-corrected chi connectivity index (χ2v) is 5.02. The number of nitrogens with zero attached hydrogens (tertiary/aromatic N) is 2. The largest absolute Gasteiger partial charge is 0.495 e. The van der Waals surface area contributed by atoms with Crippen molar-refractivity contribution >= 4 is 29.1 Å². The van der Waals surface area contributed by atoms with Crippen molar-refractivity contribution in [2.24, 2.45) is 0 Å². The number of benzene rings is 1. The van der Waals surface area contributed by atoms with E-state index in [4.69, 9.17) is 21.1 Å². The van der Waals surface area contributed by atoms with Crippen molar-refractivity contribution in [3.8, 4) is 5.75 Å². The first-order valence-corrected chi connectivity index (χ1v) is 7.19. The summed E-state index contributed by atoms with van der Waals surface area (Å²) in [6.45, 7) is 3.17. The Morgan fingerprint density at radius 2 is 2.09 bits per heavy atom. The first-order valence-electron chi connectivity index (χ1n) is 6.81. The van der Waals surface area contributed by atoms with E-state index in [1.165, 1.54) is 0 Å². The number of halogens is 1. The summed E-state index contributed by atoms with van der Waals surface area (Å²) in [5.74, 6) is 1.85. The van der Waals surface area contributed by atoms with Gasteiger partial charge in [-0.1, -0.05) is 11.6 Å². The number of aryl methyl sites for hydroxylation is 1. The molecule has 0 fully saturated rings. The quantitative estimate of drug-likeness (QED) is 0.763. The molecule has 0 amide bonds. The molecule has 6 nitrogen and oxygen atoms in total. The van der Waals surface area contributed by atoms with Crippen LogP contribution in [0, 0.1) is 6.92 Å². The summed E-state index contributed by atoms with van der Waals surface area (Å²) < 4.78 is 10.3. The van der Waals surface area contributed by atoms with E-state index in [2.05, 4.69) is 20.6 Å². The highest BCUT2D eigenvalue weighted by atomic mass is 35.5. The molecule has 1 heterocycles. The number of aromatic nitrogens is 2. The highest BCUT2D eigenvalue weighted by Gasteiger charge is 2.08. The van der Waals surface area contributed by atoms with Gasteiger partial charge in [-0.2, -0.15) is 4.98 Å². The summed E-state index contributed by atoms with van der Waals surface area (Å²) >= 11 is 6.11. The van der Waals surface area contributed by atoms with Gasteiger partial charge in [0.2, 0.25) is 5.95 Å². The normalized spacial score (nSPS) is 10.4. The SMILES string of the molecule is COCCNc1nccc(Nc2cc(C)c(Cl)cc2OC)n1. The average Bonchev–Trinajstić information content (AvgIpc) is 2.51. The van der Waals surface area contributed by atoms with E-state index in [1.54, 1.807) is 32.5 Å². The van der Waals surface area contributed by atoms with Crippen LogP contribution in [0.2, 0.25) is 5.02 Å². The molecule has 2 N–H and O–H groups in total. The van der Waals surface area contributed by atoms with Crippen LogP contribution in [0.15, 0.2) is 24.4 Å². The van der Waals surface area contributed by atoms with E-state index in [0.29, 0.717) is 35.7 Å². The molecule has 0 bridgehead atoms. The molecule has 22 heavy (non-hydrogen) atoms. The Balaban J connectivity index is 2.16. The molecule has 0 aliphatic carbocycles. The van der Waals surface area contributed by atoms with Crippen molar-refractivity contribution in [1.82, 2.24) is 9.97 Å². The Kier molecular flexibility index (Phi) is 5.80. The molecule has 0 unspecified atom stereocenters. The smallest absolute Gasteiger partial charge is 0.224 e. The van der Waals surface area contributed by atoms with Crippen molar-refractivity contribution < 1.29 is 9.47 Å². The fraction of sp³-hybridized carbons (Fsp3) is 0.333. The lowest BCUT2D eigenvalue weighted by atomic mass is 10.2. The van der Waals surface area contributed by atoms with E-state index in [1.807, 2.05) is 13.0 Å². The monoisotopic (exact) mass is 322 g/mol. The number of hydrogen-bond acceptors (Lipinski definition) is 6.